The Labute approximate surface area is 92.6 Å². The van der Waals surface area contributed by atoms with Gasteiger partial charge in [-0.3, -0.25) is 0 Å². The smallest absolute Gasteiger partial charge is 0.133 e. The molecule has 0 spiro atoms. The van der Waals surface area contributed by atoms with Gasteiger partial charge in [0.1, 0.15) is 11.5 Å². The van der Waals surface area contributed by atoms with E-state index in [1.54, 1.807) is 0 Å². The molecule has 0 aliphatic heterocycles. The second-order valence-electron chi connectivity index (χ2n) is 5.74. The molecule has 3 nitrogen and oxygen atoms in total. The van der Waals surface area contributed by atoms with Gasteiger partial charge in [-0.05, 0) is 11.8 Å². The molecule has 0 saturated heterocycles. The molecule has 0 saturated carbocycles. The minimum atomic E-state index is -0.224. The van der Waals surface area contributed by atoms with E-state index < -0.39 is 0 Å². The number of hydrogen-bond acceptors (Lipinski definition) is 3. The Morgan fingerprint density at radius 1 is 1.33 bits per heavy atom. The molecule has 0 heterocycles. The monoisotopic (exact) mass is 213 g/mol. The minimum absolute atomic E-state index is 0.0440. The molecule has 3 heteroatoms. The van der Waals surface area contributed by atoms with Crippen molar-refractivity contribution < 1.29 is 9.94 Å². The average molecular weight is 213 g/mol. The summed E-state index contributed by atoms with van der Waals surface area (Å²) in [6, 6.07) is 0. The number of allylic oxidation sites excluding steroid dienone is 2. The quantitative estimate of drug-likeness (QED) is 0.428. The number of aliphatic hydroxyl groups is 1. The molecule has 15 heavy (non-hydrogen) atoms. The summed E-state index contributed by atoms with van der Waals surface area (Å²) in [5.74, 6) is 5.71. The van der Waals surface area contributed by atoms with E-state index in [0.29, 0.717) is 5.76 Å². The lowest BCUT2D eigenvalue weighted by molar-refractivity contribution is 0.113. The maximum atomic E-state index is 9.11. The molecule has 0 radical (unpaired) electrons. The molecule has 0 aromatic carbocycles. The molecule has 0 aliphatic rings. The lowest BCUT2D eigenvalue weighted by Gasteiger charge is -2.32. The van der Waals surface area contributed by atoms with E-state index >= 15 is 0 Å². The Kier molecular flexibility index (Phi) is 4.41. The first-order valence-electron chi connectivity index (χ1n) is 5.05. The Hall–Kier alpha value is -0.960. The van der Waals surface area contributed by atoms with Crippen molar-refractivity contribution in [2.75, 3.05) is 0 Å². The Morgan fingerprint density at radius 2 is 1.80 bits per heavy atom. The van der Waals surface area contributed by atoms with Gasteiger partial charge in [0.2, 0.25) is 0 Å². The fourth-order valence-corrected chi connectivity index (χ4v) is 1.95. The van der Waals surface area contributed by atoms with Gasteiger partial charge in [0, 0.05) is 11.5 Å². The van der Waals surface area contributed by atoms with Crippen LogP contribution in [0.25, 0.3) is 0 Å². The molecule has 0 bridgehead atoms. The van der Waals surface area contributed by atoms with Crippen LogP contribution in [-0.4, -0.2) is 5.11 Å². The van der Waals surface area contributed by atoms with Crippen molar-refractivity contribution in [2.24, 2.45) is 16.7 Å². The van der Waals surface area contributed by atoms with Crippen molar-refractivity contribution in [1.82, 2.24) is 0 Å². The van der Waals surface area contributed by atoms with Gasteiger partial charge in [-0.25, -0.2) is 0 Å². The van der Waals surface area contributed by atoms with Crippen LogP contribution in [0.2, 0.25) is 0 Å². The molecule has 0 rings (SSSR count). The van der Waals surface area contributed by atoms with E-state index in [9.17, 15) is 0 Å². The van der Waals surface area contributed by atoms with Crippen LogP contribution >= 0.6 is 0 Å². The highest BCUT2D eigenvalue weighted by Crippen LogP contribution is 2.38. The van der Waals surface area contributed by atoms with Crippen LogP contribution in [-0.2, 0) is 4.84 Å². The van der Waals surface area contributed by atoms with E-state index in [1.165, 1.54) is 6.08 Å². The molecule has 0 fully saturated rings. The van der Waals surface area contributed by atoms with Gasteiger partial charge in [-0.1, -0.05) is 41.2 Å². The Bertz CT molecular complexity index is 259. The molecular weight excluding hydrogens is 190 g/mol. The van der Waals surface area contributed by atoms with E-state index in [1.807, 2.05) is 13.8 Å². The molecule has 3 N–H and O–H groups in total. The summed E-state index contributed by atoms with van der Waals surface area (Å²) in [6.45, 7) is 13.9. The third-order valence-corrected chi connectivity index (χ3v) is 2.06. The van der Waals surface area contributed by atoms with E-state index in [2.05, 4.69) is 27.4 Å². The minimum Gasteiger partial charge on any atom is -0.508 e. The van der Waals surface area contributed by atoms with E-state index in [-0.39, 0.29) is 16.6 Å². The fraction of sp³-hybridized carbons (Fsp3) is 0.667. The molecule has 0 aromatic rings. The first-order valence-corrected chi connectivity index (χ1v) is 5.05. The summed E-state index contributed by atoms with van der Waals surface area (Å²) in [5, 5.41) is 9.11. The summed E-state index contributed by atoms with van der Waals surface area (Å²) >= 11 is 0. The van der Waals surface area contributed by atoms with Crippen LogP contribution < -0.4 is 5.90 Å². The van der Waals surface area contributed by atoms with Crippen LogP contribution in [0, 0.1) is 10.8 Å². The Balaban J connectivity index is 4.90. The number of nitrogens with two attached hydrogens (primary N) is 1. The SMILES string of the molecule is C=C(O)/C=C(\ON)C(C)(C)CC(C)(C)C. The largest absolute Gasteiger partial charge is 0.508 e. The van der Waals surface area contributed by atoms with Gasteiger partial charge in [0.15, 0.2) is 0 Å². The second-order valence-corrected chi connectivity index (χ2v) is 5.74. The molecule has 0 unspecified atom stereocenters. The predicted molar refractivity (Wildman–Crippen MR) is 63.0 cm³/mol. The van der Waals surface area contributed by atoms with Crippen LogP contribution in [0.1, 0.15) is 41.0 Å². The lowest BCUT2D eigenvalue weighted by atomic mass is 9.75. The zero-order chi connectivity index (χ0) is 12.3. The van der Waals surface area contributed by atoms with Gasteiger partial charge in [0.25, 0.3) is 0 Å². The van der Waals surface area contributed by atoms with Crippen molar-refractivity contribution in [2.45, 2.75) is 41.0 Å². The summed E-state index contributed by atoms with van der Waals surface area (Å²) in [7, 11) is 0. The molecule has 0 aliphatic carbocycles. The standard InChI is InChI=1S/C12H23NO2/c1-9(14)7-10(15-13)12(5,6)8-11(2,3)4/h7,14H,1,8,13H2,2-6H3/b10-7-. The van der Waals surface area contributed by atoms with E-state index in [4.69, 9.17) is 15.8 Å². The highest BCUT2D eigenvalue weighted by atomic mass is 16.6. The third-order valence-electron chi connectivity index (χ3n) is 2.06. The van der Waals surface area contributed by atoms with Crippen molar-refractivity contribution in [3.05, 3.63) is 24.2 Å². The topological polar surface area (TPSA) is 55.5 Å². The van der Waals surface area contributed by atoms with Crippen LogP contribution in [0.5, 0.6) is 0 Å². The van der Waals surface area contributed by atoms with Crippen molar-refractivity contribution in [3.8, 4) is 0 Å². The number of aliphatic hydroxyl groups excluding tert-OH is 1. The highest BCUT2D eigenvalue weighted by molar-refractivity contribution is 5.16. The normalized spacial score (nSPS) is 13.9. The molecule has 0 aromatic heterocycles. The van der Waals surface area contributed by atoms with Gasteiger partial charge < -0.3 is 9.94 Å². The third kappa shape index (κ3) is 5.47. The van der Waals surface area contributed by atoms with Gasteiger partial charge in [-0.15, -0.1) is 0 Å². The summed E-state index contributed by atoms with van der Waals surface area (Å²) < 4.78 is 0. The maximum absolute atomic E-state index is 9.11. The number of hydrogen-bond donors (Lipinski definition) is 2. The van der Waals surface area contributed by atoms with Crippen molar-refractivity contribution >= 4 is 0 Å². The van der Waals surface area contributed by atoms with Crippen LogP contribution in [0.3, 0.4) is 0 Å². The maximum Gasteiger partial charge on any atom is 0.133 e. The average Bonchev–Trinajstić information content (AvgIpc) is 1.94. The zero-order valence-corrected chi connectivity index (χ0v) is 10.4. The Morgan fingerprint density at radius 3 is 2.07 bits per heavy atom. The summed E-state index contributed by atoms with van der Waals surface area (Å²) in [4.78, 5) is 4.81. The molecule has 0 atom stereocenters. The van der Waals surface area contributed by atoms with Gasteiger partial charge in [0.05, 0.1) is 0 Å². The summed E-state index contributed by atoms with van der Waals surface area (Å²) in [6.07, 6.45) is 2.36. The lowest BCUT2D eigenvalue weighted by Crippen LogP contribution is -2.25. The zero-order valence-electron chi connectivity index (χ0n) is 10.4. The highest BCUT2D eigenvalue weighted by Gasteiger charge is 2.30. The van der Waals surface area contributed by atoms with Gasteiger partial charge >= 0.3 is 0 Å². The summed E-state index contributed by atoms with van der Waals surface area (Å²) in [5.41, 5.74) is -0.0589. The van der Waals surface area contributed by atoms with E-state index in [0.717, 1.165) is 6.42 Å². The first kappa shape index (κ1) is 14.0. The van der Waals surface area contributed by atoms with Crippen LogP contribution in [0.4, 0.5) is 0 Å². The first-order chi connectivity index (χ1) is 6.58. The van der Waals surface area contributed by atoms with Gasteiger partial charge in [-0.2, -0.15) is 5.90 Å². The van der Waals surface area contributed by atoms with Crippen molar-refractivity contribution in [1.29, 1.82) is 0 Å². The number of rotatable bonds is 4. The molecule has 0 amide bonds. The predicted octanol–water partition coefficient (Wildman–Crippen LogP) is 3.29. The fourth-order valence-electron chi connectivity index (χ4n) is 1.95. The van der Waals surface area contributed by atoms with Crippen molar-refractivity contribution in [3.63, 3.8) is 0 Å². The van der Waals surface area contributed by atoms with Crippen LogP contribution in [0.15, 0.2) is 24.2 Å². The molecular formula is C12H23NO2. The second kappa shape index (κ2) is 4.71. The molecule has 88 valence electrons.